The Balaban J connectivity index is 1.61. The quantitative estimate of drug-likeness (QED) is 0.816. The van der Waals surface area contributed by atoms with E-state index in [0.29, 0.717) is 12.6 Å². The second kappa shape index (κ2) is 7.31. The summed E-state index contributed by atoms with van der Waals surface area (Å²) in [5.41, 5.74) is -0.601. The molecule has 7 nitrogen and oxygen atoms in total. The lowest BCUT2D eigenvalue weighted by Gasteiger charge is -2.40. The van der Waals surface area contributed by atoms with Crippen LogP contribution >= 0.6 is 0 Å². The Bertz CT molecular complexity index is 587. The Morgan fingerprint density at radius 2 is 2.17 bits per heavy atom. The smallest absolute Gasteiger partial charge is 0.237 e. The molecule has 130 valence electrons. The molecule has 1 atom stereocenters. The summed E-state index contributed by atoms with van der Waals surface area (Å²) in [6.07, 6.45) is 10.3. The van der Waals surface area contributed by atoms with Gasteiger partial charge in [0, 0.05) is 13.1 Å². The second-order valence-corrected chi connectivity index (χ2v) is 7.04. The fourth-order valence-corrected chi connectivity index (χ4v) is 4.03. The maximum absolute atomic E-state index is 12.8. The van der Waals surface area contributed by atoms with Crippen molar-refractivity contribution < 1.29 is 4.79 Å². The average molecular weight is 330 g/mol. The van der Waals surface area contributed by atoms with Gasteiger partial charge in [0.1, 0.15) is 18.2 Å². The van der Waals surface area contributed by atoms with E-state index in [-0.39, 0.29) is 5.91 Å². The van der Waals surface area contributed by atoms with Gasteiger partial charge in [0.15, 0.2) is 0 Å². The van der Waals surface area contributed by atoms with Crippen LogP contribution in [0.2, 0.25) is 0 Å². The van der Waals surface area contributed by atoms with E-state index in [2.05, 4.69) is 21.1 Å². The first kappa shape index (κ1) is 16.9. The van der Waals surface area contributed by atoms with Crippen molar-refractivity contribution in [1.29, 1.82) is 5.26 Å². The van der Waals surface area contributed by atoms with E-state index >= 15 is 0 Å². The summed E-state index contributed by atoms with van der Waals surface area (Å²) in [4.78, 5) is 20.7. The monoisotopic (exact) mass is 330 g/mol. The molecule has 2 aliphatic rings. The highest BCUT2D eigenvalue weighted by atomic mass is 16.2. The Kier molecular flexibility index (Phi) is 5.14. The zero-order valence-electron chi connectivity index (χ0n) is 14.4. The number of rotatable bonds is 5. The van der Waals surface area contributed by atoms with Gasteiger partial charge in [-0.25, -0.2) is 4.98 Å². The highest BCUT2D eigenvalue weighted by Crippen LogP contribution is 2.32. The fourth-order valence-electron chi connectivity index (χ4n) is 4.03. The first-order chi connectivity index (χ1) is 11.6. The van der Waals surface area contributed by atoms with Crippen molar-refractivity contribution >= 4 is 5.91 Å². The number of aromatic nitrogens is 3. The van der Waals surface area contributed by atoms with Crippen LogP contribution in [-0.4, -0.2) is 62.2 Å². The predicted molar refractivity (Wildman–Crippen MR) is 88.8 cm³/mol. The van der Waals surface area contributed by atoms with Crippen molar-refractivity contribution in [3.8, 4) is 6.07 Å². The number of hydrogen-bond acceptors (Lipinski definition) is 5. The number of likely N-dealkylation sites (tertiary alicyclic amines) is 1. The molecule has 1 amide bonds. The SMILES string of the molecule is CN(C(=O)CN1CCC[C@H]1Cn1cncn1)C1(C#N)CCCCC1. The minimum absolute atomic E-state index is 0.0592. The van der Waals surface area contributed by atoms with E-state index in [1.165, 1.54) is 6.33 Å². The lowest BCUT2D eigenvalue weighted by atomic mass is 9.81. The number of nitrogens with zero attached hydrogens (tertiary/aromatic N) is 6. The molecule has 0 radical (unpaired) electrons. The van der Waals surface area contributed by atoms with Crippen molar-refractivity contribution in [2.45, 2.75) is 63.1 Å². The molecule has 0 spiro atoms. The third kappa shape index (κ3) is 3.44. The molecule has 24 heavy (non-hydrogen) atoms. The number of hydrogen-bond donors (Lipinski definition) is 0. The molecule has 0 unspecified atom stereocenters. The van der Waals surface area contributed by atoms with Gasteiger partial charge in [-0.05, 0) is 32.2 Å². The summed E-state index contributed by atoms with van der Waals surface area (Å²) < 4.78 is 1.83. The molecule has 1 saturated heterocycles. The molecule has 2 fully saturated rings. The minimum atomic E-state index is -0.601. The summed E-state index contributed by atoms with van der Waals surface area (Å²) in [7, 11) is 1.80. The Labute approximate surface area is 143 Å². The molecular formula is C17H26N6O. The second-order valence-electron chi connectivity index (χ2n) is 7.04. The number of carbonyl (C=O) groups excluding carboxylic acids is 1. The van der Waals surface area contributed by atoms with E-state index in [9.17, 15) is 10.1 Å². The summed E-state index contributed by atoms with van der Waals surface area (Å²) in [6.45, 7) is 2.08. The van der Waals surface area contributed by atoms with Crippen LogP contribution in [0.25, 0.3) is 0 Å². The van der Waals surface area contributed by atoms with Crippen molar-refractivity contribution in [2.75, 3.05) is 20.1 Å². The molecular weight excluding hydrogens is 304 g/mol. The van der Waals surface area contributed by atoms with Gasteiger partial charge in [0.2, 0.25) is 5.91 Å². The largest absolute Gasteiger partial charge is 0.326 e. The van der Waals surface area contributed by atoms with Gasteiger partial charge in [-0.3, -0.25) is 14.4 Å². The molecule has 0 N–H and O–H groups in total. The molecule has 1 saturated carbocycles. The van der Waals surface area contributed by atoms with Crippen molar-refractivity contribution in [3.05, 3.63) is 12.7 Å². The van der Waals surface area contributed by atoms with Crippen LogP contribution in [0.5, 0.6) is 0 Å². The summed E-state index contributed by atoms with van der Waals surface area (Å²) in [6, 6.07) is 2.75. The highest BCUT2D eigenvalue weighted by Gasteiger charge is 2.39. The molecule has 0 aromatic carbocycles. The zero-order chi connectivity index (χ0) is 17.0. The van der Waals surface area contributed by atoms with Gasteiger partial charge >= 0.3 is 0 Å². The van der Waals surface area contributed by atoms with Crippen molar-refractivity contribution in [3.63, 3.8) is 0 Å². The van der Waals surface area contributed by atoms with Crippen LogP contribution in [-0.2, 0) is 11.3 Å². The van der Waals surface area contributed by atoms with E-state index in [4.69, 9.17) is 0 Å². The molecule has 1 aliphatic heterocycles. The minimum Gasteiger partial charge on any atom is -0.326 e. The average Bonchev–Trinajstić information content (AvgIpc) is 3.28. The van der Waals surface area contributed by atoms with Crippen LogP contribution in [0.3, 0.4) is 0 Å². The molecule has 7 heteroatoms. The lowest BCUT2D eigenvalue weighted by molar-refractivity contribution is -0.136. The predicted octanol–water partition coefficient (Wildman–Crippen LogP) is 1.43. The molecule has 1 aromatic heterocycles. The molecule has 1 aromatic rings. The van der Waals surface area contributed by atoms with Gasteiger partial charge in [-0.2, -0.15) is 10.4 Å². The zero-order valence-corrected chi connectivity index (χ0v) is 14.4. The van der Waals surface area contributed by atoms with Crippen molar-refractivity contribution in [2.24, 2.45) is 0 Å². The lowest BCUT2D eigenvalue weighted by Crippen LogP contribution is -2.53. The first-order valence-electron chi connectivity index (χ1n) is 8.89. The van der Waals surface area contributed by atoms with E-state index in [1.54, 1.807) is 18.3 Å². The number of carbonyl (C=O) groups is 1. The van der Waals surface area contributed by atoms with E-state index < -0.39 is 5.54 Å². The summed E-state index contributed by atoms with van der Waals surface area (Å²) in [5.74, 6) is 0.0592. The summed E-state index contributed by atoms with van der Waals surface area (Å²) in [5, 5.41) is 13.8. The number of nitriles is 1. The number of amides is 1. The molecule has 3 rings (SSSR count). The fraction of sp³-hybridized carbons (Fsp3) is 0.765. The topological polar surface area (TPSA) is 78.1 Å². The van der Waals surface area contributed by atoms with Crippen LogP contribution in [0.15, 0.2) is 12.7 Å². The molecule has 1 aliphatic carbocycles. The Morgan fingerprint density at radius 3 is 2.83 bits per heavy atom. The third-order valence-corrected chi connectivity index (χ3v) is 5.61. The third-order valence-electron chi connectivity index (χ3n) is 5.61. The van der Waals surface area contributed by atoms with Gasteiger partial charge in [-0.1, -0.05) is 19.3 Å². The van der Waals surface area contributed by atoms with Crippen molar-refractivity contribution in [1.82, 2.24) is 24.6 Å². The Hall–Kier alpha value is -1.94. The molecule has 2 heterocycles. The maximum Gasteiger partial charge on any atom is 0.237 e. The van der Waals surface area contributed by atoms with Crippen LogP contribution in [0.1, 0.15) is 44.9 Å². The standard InChI is InChI=1S/C17H26N6O/c1-21(17(12-18)7-3-2-4-8-17)16(24)11-22-9-5-6-15(22)10-23-14-19-13-20-23/h13-15H,2-11H2,1H3/t15-/m0/s1. The van der Waals surface area contributed by atoms with E-state index in [1.807, 2.05) is 4.68 Å². The normalized spacial score (nSPS) is 23.8. The van der Waals surface area contributed by atoms with Crippen LogP contribution < -0.4 is 0 Å². The van der Waals surface area contributed by atoms with Crippen LogP contribution in [0, 0.1) is 11.3 Å². The summed E-state index contributed by atoms with van der Waals surface area (Å²) >= 11 is 0. The maximum atomic E-state index is 12.8. The van der Waals surface area contributed by atoms with Gasteiger partial charge in [-0.15, -0.1) is 0 Å². The van der Waals surface area contributed by atoms with Gasteiger partial charge in [0.05, 0.1) is 19.2 Å². The Morgan fingerprint density at radius 1 is 1.38 bits per heavy atom. The number of likely N-dealkylation sites (N-methyl/N-ethyl adjacent to an activating group) is 1. The van der Waals surface area contributed by atoms with Gasteiger partial charge in [0.25, 0.3) is 0 Å². The highest BCUT2D eigenvalue weighted by molar-refractivity contribution is 5.79. The van der Waals surface area contributed by atoms with E-state index in [0.717, 1.165) is 58.0 Å². The van der Waals surface area contributed by atoms with Crippen LogP contribution in [0.4, 0.5) is 0 Å². The first-order valence-corrected chi connectivity index (χ1v) is 8.89. The van der Waals surface area contributed by atoms with Gasteiger partial charge < -0.3 is 4.90 Å². The molecule has 0 bridgehead atoms.